The Kier molecular flexibility index (Phi) is 8.46. The number of nitrogens with zero attached hydrogens (tertiary/aromatic N) is 1. The van der Waals surface area contributed by atoms with Crippen LogP contribution in [0.4, 0.5) is 31.1 Å². The van der Waals surface area contributed by atoms with Crippen LogP contribution >= 0.6 is 0 Å². The fourth-order valence-electron chi connectivity index (χ4n) is 5.79. The number of aliphatic hydroxyl groups excluding tert-OH is 1. The van der Waals surface area contributed by atoms with E-state index in [-0.39, 0.29) is 31.2 Å². The molecule has 1 fully saturated rings. The maximum absolute atomic E-state index is 13.5. The first-order chi connectivity index (χ1) is 21.0. The largest absolute Gasteiger partial charge is 0.496 e. The van der Waals surface area contributed by atoms with Crippen molar-refractivity contribution < 1.29 is 45.7 Å². The van der Waals surface area contributed by atoms with Gasteiger partial charge in [-0.15, -0.1) is 0 Å². The van der Waals surface area contributed by atoms with Crippen LogP contribution in [-0.4, -0.2) is 35.9 Å². The predicted molar refractivity (Wildman–Crippen MR) is 157 cm³/mol. The Morgan fingerprint density at radius 2 is 1.60 bits per heavy atom. The van der Waals surface area contributed by atoms with Crippen molar-refractivity contribution in [2.24, 2.45) is 0 Å². The number of cyclic esters (lactones) is 1. The molecule has 1 saturated heterocycles. The second kappa shape index (κ2) is 11.7. The van der Waals surface area contributed by atoms with Crippen molar-refractivity contribution in [1.29, 1.82) is 0 Å². The fraction of sp³-hybridized carbons (Fsp3) is 0.382. The fourth-order valence-corrected chi connectivity index (χ4v) is 5.79. The number of rotatable bonds is 7. The lowest BCUT2D eigenvalue weighted by molar-refractivity contribution is -0.143. The topological polar surface area (TPSA) is 59.0 Å². The van der Waals surface area contributed by atoms with Gasteiger partial charge in [-0.3, -0.25) is 0 Å². The van der Waals surface area contributed by atoms with Crippen LogP contribution in [0.15, 0.2) is 54.6 Å². The molecule has 3 aromatic carbocycles. The molecule has 1 aliphatic heterocycles. The average molecular weight is 634 g/mol. The number of allylic oxidation sites excluding steroid dienone is 1. The number of amides is 1. The summed E-state index contributed by atoms with van der Waals surface area (Å²) >= 11 is 0. The highest BCUT2D eigenvalue weighted by Crippen LogP contribution is 2.42. The number of benzene rings is 3. The van der Waals surface area contributed by atoms with E-state index in [4.69, 9.17) is 9.47 Å². The van der Waals surface area contributed by atoms with Gasteiger partial charge < -0.3 is 19.5 Å². The molecule has 5 rings (SSSR count). The molecule has 0 unspecified atom stereocenters. The van der Waals surface area contributed by atoms with Crippen LogP contribution in [0.3, 0.4) is 0 Å². The summed E-state index contributed by atoms with van der Waals surface area (Å²) in [7, 11) is 1.55. The zero-order valence-electron chi connectivity index (χ0n) is 25.1. The van der Waals surface area contributed by atoms with Crippen molar-refractivity contribution in [2.75, 3.05) is 13.7 Å². The molecule has 0 aromatic heterocycles. The zero-order valence-corrected chi connectivity index (χ0v) is 25.1. The number of carbonyl (C=O) groups excluding carboxylic acids is 1. The van der Waals surface area contributed by atoms with Crippen molar-refractivity contribution in [3.63, 3.8) is 0 Å². The van der Waals surface area contributed by atoms with Gasteiger partial charge in [0.2, 0.25) is 0 Å². The third-order valence-corrected chi connectivity index (χ3v) is 8.55. The van der Waals surface area contributed by atoms with E-state index in [1.807, 2.05) is 56.3 Å². The maximum atomic E-state index is 13.5. The van der Waals surface area contributed by atoms with Crippen LogP contribution < -0.4 is 4.74 Å². The highest BCUT2D eigenvalue weighted by atomic mass is 19.4. The van der Waals surface area contributed by atoms with E-state index in [9.17, 15) is 36.2 Å². The Bertz CT molecular complexity index is 1610. The van der Waals surface area contributed by atoms with E-state index in [2.05, 4.69) is 0 Å². The number of halogens is 6. The third kappa shape index (κ3) is 6.54. The lowest BCUT2D eigenvalue weighted by Crippen LogP contribution is -2.44. The minimum Gasteiger partial charge on any atom is -0.496 e. The number of methoxy groups -OCH3 is 1. The number of hydrogen-bond donors (Lipinski definition) is 1. The molecule has 0 saturated carbocycles. The second-order valence-corrected chi connectivity index (χ2v) is 12.2. The molecular formula is C34H33F6NO4. The Labute approximate surface area is 257 Å². The molecule has 1 heterocycles. The Balaban J connectivity index is 1.50. The summed E-state index contributed by atoms with van der Waals surface area (Å²) in [4.78, 5) is 14.8. The van der Waals surface area contributed by atoms with Gasteiger partial charge in [-0.05, 0) is 89.2 Å². The van der Waals surface area contributed by atoms with Crippen molar-refractivity contribution in [3.05, 3.63) is 93.6 Å². The average Bonchev–Trinajstić information content (AvgIpc) is 3.44. The van der Waals surface area contributed by atoms with E-state index in [0.717, 1.165) is 33.4 Å². The standard InChI is InChI=1S/C34H33F6NO4/c1-19-10-30(22-12-25(33(35,36)37)15-26(13-22)34(38,39)40)45-31(43)41(19)17-23-11-20-6-5-7-21(20)14-27(23)28-16-24(32(2,3)18-42)8-9-29(28)44-4/h5-6,8-9,11-16,19,30,42H,7,10,17-18H2,1-4H3/t19-,30-/m0/s1. The van der Waals surface area contributed by atoms with Gasteiger partial charge in [-0.1, -0.05) is 32.1 Å². The molecule has 240 valence electrons. The molecule has 45 heavy (non-hydrogen) atoms. The molecule has 0 bridgehead atoms. The van der Waals surface area contributed by atoms with Gasteiger partial charge in [0.15, 0.2) is 0 Å². The van der Waals surface area contributed by atoms with Crippen LogP contribution in [0.5, 0.6) is 5.75 Å². The molecule has 2 atom stereocenters. The molecule has 1 aliphatic carbocycles. The summed E-state index contributed by atoms with van der Waals surface area (Å²) in [5.41, 5.74) is 1.37. The number of fused-ring (bicyclic) bond motifs is 1. The highest BCUT2D eigenvalue weighted by Gasteiger charge is 2.40. The second-order valence-electron chi connectivity index (χ2n) is 12.2. The predicted octanol–water partition coefficient (Wildman–Crippen LogP) is 8.71. The highest BCUT2D eigenvalue weighted by molar-refractivity contribution is 5.79. The lowest BCUT2D eigenvalue weighted by atomic mass is 9.83. The van der Waals surface area contributed by atoms with E-state index in [1.165, 1.54) is 4.90 Å². The molecule has 0 radical (unpaired) electrons. The molecule has 5 nitrogen and oxygen atoms in total. The SMILES string of the molecule is COc1ccc(C(C)(C)CO)cc1-c1cc2c(cc1CN1C(=O)O[C@H](c3cc(C(F)(F)F)cc(C(F)(F)F)c3)C[C@@H]1C)C=CC2. The molecule has 1 amide bonds. The van der Waals surface area contributed by atoms with Crippen molar-refractivity contribution in [3.8, 4) is 16.9 Å². The van der Waals surface area contributed by atoms with E-state index in [1.54, 1.807) is 14.0 Å². The van der Waals surface area contributed by atoms with Crippen molar-refractivity contribution in [2.45, 2.75) is 70.1 Å². The lowest BCUT2D eigenvalue weighted by Gasteiger charge is -2.38. The summed E-state index contributed by atoms with van der Waals surface area (Å²) in [5, 5.41) is 10.00. The Hall–Kier alpha value is -3.99. The van der Waals surface area contributed by atoms with E-state index in [0.29, 0.717) is 24.3 Å². The van der Waals surface area contributed by atoms with E-state index >= 15 is 0 Å². The number of hydrogen-bond acceptors (Lipinski definition) is 4. The van der Waals surface area contributed by atoms with Crippen LogP contribution in [0.25, 0.3) is 17.2 Å². The zero-order chi connectivity index (χ0) is 32.9. The molecule has 3 aromatic rings. The van der Waals surface area contributed by atoms with Crippen LogP contribution in [-0.2, 0) is 35.5 Å². The number of alkyl halides is 6. The first-order valence-corrected chi connectivity index (χ1v) is 14.4. The maximum Gasteiger partial charge on any atom is 0.416 e. The van der Waals surface area contributed by atoms with Gasteiger partial charge in [0.1, 0.15) is 11.9 Å². The smallest absolute Gasteiger partial charge is 0.416 e. The van der Waals surface area contributed by atoms with Gasteiger partial charge in [-0.2, -0.15) is 26.3 Å². The van der Waals surface area contributed by atoms with Gasteiger partial charge in [0, 0.05) is 30.0 Å². The minimum absolute atomic E-state index is 0.0198. The van der Waals surface area contributed by atoms with Crippen molar-refractivity contribution in [1.82, 2.24) is 4.90 Å². The van der Waals surface area contributed by atoms with Gasteiger partial charge in [-0.25, -0.2) is 4.79 Å². The minimum atomic E-state index is -5.02. The van der Waals surface area contributed by atoms with Gasteiger partial charge >= 0.3 is 18.4 Å². The normalized spacial score (nSPS) is 18.6. The monoisotopic (exact) mass is 633 g/mol. The summed E-state index contributed by atoms with van der Waals surface area (Å²) in [6.45, 7) is 5.49. The number of ether oxygens (including phenoxy) is 2. The quantitative estimate of drug-likeness (QED) is 0.265. The first kappa shape index (κ1) is 32.4. The first-order valence-electron chi connectivity index (χ1n) is 14.4. The van der Waals surface area contributed by atoms with Crippen LogP contribution in [0.1, 0.15) is 72.2 Å². The summed E-state index contributed by atoms with van der Waals surface area (Å²) in [5.74, 6) is 0.582. The summed E-state index contributed by atoms with van der Waals surface area (Å²) in [6.07, 6.45) is -7.49. The Morgan fingerprint density at radius 3 is 2.18 bits per heavy atom. The van der Waals surface area contributed by atoms with Crippen LogP contribution in [0, 0.1) is 0 Å². The third-order valence-electron chi connectivity index (χ3n) is 8.55. The molecule has 1 N–H and O–H groups in total. The molecule has 2 aliphatic rings. The van der Waals surface area contributed by atoms with Crippen molar-refractivity contribution >= 4 is 12.2 Å². The molecule has 0 spiro atoms. The summed E-state index contributed by atoms with van der Waals surface area (Å²) < 4.78 is 92.1. The number of carbonyl (C=O) groups is 1. The Morgan fingerprint density at radius 1 is 0.933 bits per heavy atom. The molecular weight excluding hydrogens is 600 g/mol. The molecule has 11 heteroatoms. The summed E-state index contributed by atoms with van der Waals surface area (Å²) in [6, 6.07) is 10.3. The van der Waals surface area contributed by atoms with Gasteiger partial charge in [0.25, 0.3) is 0 Å². The number of aliphatic hydroxyl groups is 1. The van der Waals surface area contributed by atoms with E-state index < -0.39 is 47.1 Å². The van der Waals surface area contributed by atoms with Gasteiger partial charge in [0.05, 0.1) is 24.8 Å². The van der Waals surface area contributed by atoms with Crippen LogP contribution in [0.2, 0.25) is 0 Å².